The van der Waals surface area contributed by atoms with Crippen molar-refractivity contribution >= 4 is 33.4 Å². The highest BCUT2D eigenvalue weighted by atomic mass is 32.2. The first-order valence-corrected chi connectivity index (χ1v) is 14.5. The normalized spacial score (nSPS) is 10.6. The molecule has 2 amide bonds. The molecule has 0 aliphatic rings. The van der Waals surface area contributed by atoms with Crippen molar-refractivity contribution in [3.8, 4) is 17.6 Å². The number of sulfonamides is 1. The Morgan fingerprint density at radius 3 is 2.17 bits per heavy atom. The third-order valence-electron chi connectivity index (χ3n) is 5.83. The molecule has 41 heavy (non-hydrogen) atoms. The second kappa shape index (κ2) is 13.8. The van der Waals surface area contributed by atoms with Crippen LogP contribution in [0.5, 0.6) is 5.75 Å². The number of carbonyl (C=O) groups excluding carboxylic acids is 2. The molecular weight excluding hydrogens is 538 g/mol. The van der Waals surface area contributed by atoms with Gasteiger partial charge in [-0.3, -0.25) is 4.79 Å². The maximum absolute atomic E-state index is 13.4. The third kappa shape index (κ3) is 8.21. The second-order valence-corrected chi connectivity index (χ2v) is 10.6. The monoisotopic (exact) mass is 567 g/mol. The van der Waals surface area contributed by atoms with E-state index in [2.05, 4.69) is 29.4 Å². The lowest BCUT2D eigenvalue weighted by Gasteiger charge is -2.15. The van der Waals surface area contributed by atoms with Crippen LogP contribution >= 0.6 is 0 Å². The zero-order valence-corrected chi connectivity index (χ0v) is 23.2. The van der Waals surface area contributed by atoms with Crippen molar-refractivity contribution < 1.29 is 22.7 Å². The van der Waals surface area contributed by atoms with E-state index in [1.807, 2.05) is 35.1 Å². The van der Waals surface area contributed by atoms with Gasteiger partial charge in [0.2, 0.25) is 0 Å². The summed E-state index contributed by atoms with van der Waals surface area (Å²) in [5.41, 5.74) is 2.48. The van der Waals surface area contributed by atoms with E-state index >= 15 is 0 Å². The van der Waals surface area contributed by atoms with Crippen molar-refractivity contribution in [1.82, 2.24) is 4.72 Å². The van der Waals surface area contributed by atoms with Crippen LogP contribution in [0, 0.1) is 11.8 Å². The largest absolute Gasteiger partial charge is 0.426 e. The van der Waals surface area contributed by atoms with Gasteiger partial charge in [0.1, 0.15) is 10.6 Å². The maximum atomic E-state index is 13.4. The van der Waals surface area contributed by atoms with Gasteiger partial charge in [0.25, 0.3) is 15.9 Å². The third-order valence-corrected chi connectivity index (χ3v) is 7.20. The van der Waals surface area contributed by atoms with Crippen LogP contribution < -0.4 is 20.1 Å². The van der Waals surface area contributed by atoms with E-state index in [1.165, 1.54) is 30.3 Å². The minimum absolute atomic E-state index is 0.00460. The zero-order chi connectivity index (χ0) is 29.1. The average Bonchev–Trinajstić information content (AvgIpc) is 2.97. The number of amides is 2. The Bertz CT molecular complexity index is 1680. The Hall–Kier alpha value is -5.07. The summed E-state index contributed by atoms with van der Waals surface area (Å²) in [5.74, 6) is 5.88. The molecule has 4 aromatic carbocycles. The van der Waals surface area contributed by atoms with Gasteiger partial charge in [-0.25, -0.2) is 17.9 Å². The second-order valence-electron chi connectivity index (χ2n) is 8.92. The molecule has 0 fully saturated rings. The van der Waals surface area contributed by atoms with Gasteiger partial charge in [-0.05, 0) is 61.0 Å². The Labute approximate surface area is 239 Å². The van der Waals surface area contributed by atoms with Crippen LogP contribution in [0.25, 0.3) is 0 Å². The fraction of sp³-hybridized carbons (Fsp3) is 0.125. The number of rotatable bonds is 9. The summed E-state index contributed by atoms with van der Waals surface area (Å²) in [5, 5.41) is 5.97. The number of anilines is 2. The summed E-state index contributed by atoms with van der Waals surface area (Å²) in [6.07, 6.45) is 0.687. The first-order valence-electron chi connectivity index (χ1n) is 13.0. The SMILES string of the molecule is CCCCNc1cc(C#Cc2ccccc2)ccc1C(=O)Nc1ccccc1S(=O)(=O)NC(=O)Oc1ccccc1. The van der Waals surface area contributed by atoms with E-state index in [0.717, 1.165) is 18.4 Å². The van der Waals surface area contributed by atoms with Crippen molar-refractivity contribution in [3.05, 3.63) is 120 Å². The molecule has 4 aromatic rings. The molecule has 3 N–H and O–H groups in total. The minimum atomic E-state index is -4.38. The lowest BCUT2D eigenvalue weighted by molar-refractivity contribution is 0.102. The fourth-order valence-corrected chi connectivity index (χ4v) is 4.84. The number of hydrogen-bond acceptors (Lipinski definition) is 6. The summed E-state index contributed by atoms with van der Waals surface area (Å²) >= 11 is 0. The van der Waals surface area contributed by atoms with Crippen LogP contribution in [-0.4, -0.2) is 27.0 Å². The molecule has 0 spiro atoms. The summed E-state index contributed by atoms with van der Waals surface area (Å²) in [6.45, 7) is 2.71. The van der Waals surface area contributed by atoms with Gasteiger partial charge in [-0.15, -0.1) is 0 Å². The lowest BCUT2D eigenvalue weighted by atomic mass is 10.1. The van der Waals surface area contributed by atoms with Gasteiger partial charge in [0.05, 0.1) is 11.3 Å². The number of benzene rings is 4. The fourth-order valence-electron chi connectivity index (χ4n) is 3.81. The summed E-state index contributed by atoms with van der Waals surface area (Å²) in [4.78, 5) is 25.4. The Morgan fingerprint density at radius 2 is 1.44 bits per heavy atom. The first-order chi connectivity index (χ1) is 19.9. The number of nitrogens with one attached hydrogen (secondary N) is 3. The highest BCUT2D eigenvalue weighted by Gasteiger charge is 2.24. The Kier molecular flexibility index (Phi) is 9.75. The molecule has 0 aromatic heterocycles. The lowest BCUT2D eigenvalue weighted by Crippen LogP contribution is -2.33. The number of unbranched alkanes of at least 4 members (excludes halogenated alkanes) is 1. The van der Waals surface area contributed by atoms with Gasteiger partial charge >= 0.3 is 6.09 Å². The molecule has 9 heteroatoms. The topological polar surface area (TPSA) is 114 Å². The molecule has 0 heterocycles. The molecule has 0 radical (unpaired) electrons. The van der Waals surface area contributed by atoms with Gasteiger partial charge in [-0.2, -0.15) is 0 Å². The van der Waals surface area contributed by atoms with Crippen LogP contribution in [0.4, 0.5) is 16.2 Å². The number of carbonyl (C=O) groups is 2. The van der Waals surface area contributed by atoms with E-state index in [0.29, 0.717) is 23.4 Å². The van der Waals surface area contributed by atoms with Crippen molar-refractivity contribution in [2.75, 3.05) is 17.2 Å². The zero-order valence-electron chi connectivity index (χ0n) is 22.4. The van der Waals surface area contributed by atoms with Crippen molar-refractivity contribution in [1.29, 1.82) is 0 Å². The van der Waals surface area contributed by atoms with E-state index in [4.69, 9.17) is 4.74 Å². The number of ether oxygens (including phenoxy) is 1. The van der Waals surface area contributed by atoms with E-state index < -0.39 is 22.0 Å². The molecule has 0 bridgehead atoms. The Morgan fingerprint density at radius 1 is 0.780 bits per heavy atom. The first kappa shape index (κ1) is 28.9. The van der Waals surface area contributed by atoms with E-state index in [9.17, 15) is 18.0 Å². The minimum Gasteiger partial charge on any atom is -0.410 e. The number of para-hydroxylation sites is 2. The number of hydrogen-bond donors (Lipinski definition) is 3. The van der Waals surface area contributed by atoms with Crippen LogP contribution in [0.1, 0.15) is 41.3 Å². The highest BCUT2D eigenvalue weighted by Crippen LogP contribution is 2.24. The molecule has 0 saturated carbocycles. The molecule has 0 unspecified atom stereocenters. The van der Waals surface area contributed by atoms with Crippen molar-refractivity contribution in [3.63, 3.8) is 0 Å². The average molecular weight is 568 g/mol. The van der Waals surface area contributed by atoms with Crippen LogP contribution in [0.2, 0.25) is 0 Å². The summed E-state index contributed by atoms with van der Waals surface area (Å²) in [6, 6.07) is 28.6. The van der Waals surface area contributed by atoms with Gasteiger partial charge < -0.3 is 15.4 Å². The van der Waals surface area contributed by atoms with Gasteiger partial charge in [0.15, 0.2) is 0 Å². The van der Waals surface area contributed by atoms with Gasteiger partial charge in [0, 0.05) is 23.4 Å². The molecule has 4 rings (SSSR count). The van der Waals surface area contributed by atoms with Crippen LogP contribution in [-0.2, 0) is 10.0 Å². The highest BCUT2D eigenvalue weighted by molar-refractivity contribution is 7.90. The van der Waals surface area contributed by atoms with Crippen LogP contribution in [0.3, 0.4) is 0 Å². The standard InChI is InChI=1S/C32H29N3O5S/c1-2-3-22-33-29-23-25(19-18-24-12-6-4-7-13-24)20-21-27(29)31(36)34-28-16-10-11-17-30(28)41(38,39)35-32(37)40-26-14-8-5-9-15-26/h4-17,20-21,23,33H,2-3,22H2,1H3,(H,34,36)(H,35,37). The summed E-state index contributed by atoms with van der Waals surface area (Å²) < 4.78 is 33.0. The smallest absolute Gasteiger partial charge is 0.410 e. The molecule has 0 aliphatic carbocycles. The van der Waals surface area contributed by atoms with Gasteiger partial charge in [-0.1, -0.05) is 73.7 Å². The predicted octanol–water partition coefficient (Wildman–Crippen LogP) is 6.03. The molecule has 8 nitrogen and oxygen atoms in total. The predicted molar refractivity (Wildman–Crippen MR) is 159 cm³/mol. The molecule has 0 atom stereocenters. The quantitative estimate of drug-likeness (QED) is 0.168. The molecule has 0 saturated heterocycles. The van der Waals surface area contributed by atoms with Crippen LogP contribution in [0.15, 0.2) is 108 Å². The van der Waals surface area contributed by atoms with E-state index in [-0.39, 0.29) is 16.3 Å². The van der Waals surface area contributed by atoms with Crippen molar-refractivity contribution in [2.45, 2.75) is 24.7 Å². The maximum Gasteiger partial charge on any atom is 0.426 e. The Balaban J connectivity index is 1.56. The molecule has 208 valence electrons. The summed E-state index contributed by atoms with van der Waals surface area (Å²) in [7, 11) is -4.38. The molecule has 0 aliphatic heterocycles. The molecular formula is C32H29N3O5S. The van der Waals surface area contributed by atoms with Crippen molar-refractivity contribution in [2.24, 2.45) is 0 Å². The van der Waals surface area contributed by atoms with E-state index in [1.54, 1.807) is 42.5 Å².